The zero-order chi connectivity index (χ0) is 17.6. The van der Waals surface area contributed by atoms with Gasteiger partial charge in [-0.05, 0) is 27.2 Å². The normalized spacial score (nSPS) is 22.6. The molecule has 3 heterocycles. The summed E-state index contributed by atoms with van der Waals surface area (Å²) < 4.78 is 40.6. The number of fused-ring (bicyclic) bond motifs is 1. The van der Waals surface area contributed by atoms with Gasteiger partial charge in [-0.2, -0.15) is 18.7 Å². The molecule has 1 saturated heterocycles. The SMILES string of the molecule is CC(C)n1cnc2c(N[C@H]3C[C@H](C)N(S(C)(=O)=O)C3)nc(F)nc21. The van der Waals surface area contributed by atoms with Crippen molar-refractivity contribution in [3.63, 3.8) is 0 Å². The Bertz CT molecular complexity index is 866. The highest BCUT2D eigenvalue weighted by atomic mass is 32.2. The second-order valence-electron chi connectivity index (χ2n) is 6.52. The van der Waals surface area contributed by atoms with Crippen LogP contribution < -0.4 is 5.32 Å². The average Bonchev–Trinajstić information content (AvgIpc) is 3.01. The van der Waals surface area contributed by atoms with Gasteiger partial charge in [-0.3, -0.25) is 0 Å². The molecule has 8 nitrogen and oxygen atoms in total. The molecule has 0 unspecified atom stereocenters. The minimum atomic E-state index is -3.27. The van der Waals surface area contributed by atoms with Crippen LogP contribution in [0.25, 0.3) is 11.2 Å². The predicted octanol–water partition coefficient (Wildman–Crippen LogP) is 1.38. The van der Waals surface area contributed by atoms with Gasteiger partial charge in [0.1, 0.15) is 0 Å². The van der Waals surface area contributed by atoms with E-state index >= 15 is 0 Å². The first kappa shape index (κ1) is 17.0. The van der Waals surface area contributed by atoms with Gasteiger partial charge in [0.15, 0.2) is 17.0 Å². The third-order valence-electron chi connectivity index (χ3n) is 4.23. The van der Waals surface area contributed by atoms with Gasteiger partial charge < -0.3 is 9.88 Å². The van der Waals surface area contributed by atoms with Crippen molar-refractivity contribution in [2.75, 3.05) is 18.1 Å². The molecule has 2 atom stereocenters. The number of hydrogen-bond acceptors (Lipinski definition) is 6. The van der Waals surface area contributed by atoms with Gasteiger partial charge >= 0.3 is 6.08 Å². The van der Waals surface area contributed by atoms with Gasteiger partial charge in [-0.25, -0.2) is 13.4 Å². The molecule has 0 aromatic carbocycles. The van der Waals surface area contributed by atoms with Crippen molar-refractivity contribution in [1.29, 1.82) is 0 Å². The van der Waals surface area contributed by atoms with E-state index in [0.717, 1.165) is 0 Å². The van der Waals surface area contributed by atoms with Crippen LogP contribution >= 0.6 is 0 Å². The van der Waals surface area contributed by atoms with Crippen LogP contribution in [0, 0.1) is 6.08 Å². The Morgan fingerprint density at radius 2 is 2.08 bits per heavy atom. The molecule has 0 radical (unpaired) electrons. The summed E-state index contributed by atoms with van der Waals surface area (Å²) in [6.07, 6.45) is 2.58. The zero-order valence-electron chi connectivity index (χ0n) is 14.1. The highest BCUT2D eigenvalue weighted by molar-refractivity contribution is 7.88. The van der Waals surface area contributed by atoms with Crippen LogP contribution in [-0.4, -0.2) is 57.1 Å². The highest BCUT2D eigenvalue weighted by Gasteiger charge is 2.35. The summed E-state index contributed by atoms with van der Waals surface area (Å²) in [5, 5.41) is 3.14. The van der Waals surface area contributed by atoms with Crippen molar-refractivity contribution < 1.29 is 12.8 Å². The maximum atomic E-state index is 13.8. The third kappa shape index (κ3) is 3.07. The van der Waals surface area contributed by atoms with E-state index in [2.05, 4.69) is 20.3 Å². The summed E-state index contributed by atoms with van der Waals surface area (Å²) in [7, 11) is -3.27. The minimum Gasteiger partial charge on any atom is -0.364 e. The molecule has 3 rings (SSSR count). The van der Waals surface area contributed by atoms with Crippen molar-refractivity contribution in [3.8, 4) is 0 Å². The average molecular weight is 356 g/mol. The number of nitrogens with zero attached hydrogens (tertiary/aromatic N) is 5. The minimum absolute atomic E-state index is 0.0874. The largest absolute Gasteiger partial charge is 0.364 e. The van der Waals surface area contributed by atoms with E-state index in [4.69, 9.17) is 0 Å². The molecule has 0 saturated carbocycles. The number of halogens is 1. The maximum absolute atomic E-state index is 13.8. The fourth-order valence-corrected chi connectivity index (χ4v) is 4.32. The molecule has 132 valence electrons. The topological polar surface area (TPSA) is 93.0 Å². The van der Waals surface area contributed by atoms with Crippen LogP contribution in [0.3, 0.4) is 0 Å². The number of imidazole rings is 1. The molecule has 1 aliphatic rings. The molecule has 24 heavy (non-hydrogen) atoms. The number of nitrogens with one attached hydrogen (secondary N) is 1. The van der Waals surface area contributed by atoms with E-state index in [1.54, 1.807) is 10.9 Å². The molecule has 0 bridgehead atoms. The molecule has 2 aromatic rings. The van der Waals surface area contributed by atoms with E-state index in [1.165, 1.54) is 10.6 Å². The maximum Gasteiger partial charge on any atom is 0.312 e. The lowest BCUT2D eigenvalue weighted by atomic mass is 10.2. The Morgan fingerprint density at radius 3 is 2.67 bits per heavy atom. The molecule has 0 aliphatic carbocycles. The number of hydrogen-bond donors (Lipinski definition) is 1. The smallest absolute Gasteiger partial charge is 0.312 e. The number of rotatable bonds is 4. The lowest BCUT2D eigenvalue weighted by Crippen LogP contribution is -2.34. The van der Waals surface area contributed by atoms with Gasteiger partial charge in [-0.15, -0.1) is 0 Å². The van der Waals surface area contributed by atoms with E-state index < -0.39 is 16.1 Å². The monoisotopic (exact) mass is 356 g/mol. The van der Waals surface area contributed by atoms with Crippen LogP contribution in [0.15, 0.2) is 6.33 Å². The van der Waals surface area contributed by atoms with Crippen molar-refractivity contribution in [3.05, 3.63) is 12.4 Å². The predicted molar refractivity (Wildman–Crippen MR) is 88.7 cm³/mol. The quantitative estimate of drug-likeness (QED) is 0.832. The standard InChI is InChI=1S/C14H21FN6O2S/c1-8(2)20-7-16-11-12(18-14(15)19-13(11)20)17-10-5-9(3)21(6-10)24(4,22)23/h7-10H,5-6H2,1-4H3,(H,17,18,19)/t9-,10-/m0/s1. The molecule has 0 amide bonds. The van der Waals surface area contributed by atoms with Gasteiger partial charge in [0, 0.05) is 24.7 Å². The van der Waals surface area contributed by atoms with E-state index in [1.807, 2.05) is 20.8 Å². The van der Waals surface area contributed by atoms with Crippen LogP contribution in [0.2, 0.25) is 0 Å². The summed E-state index contributed by atoms with van der Waals surface area (Å²) in [6, 6.07) is -0.186. The molecular formula is C14H21FN6O2S. The van der Waals surface area contributed by atoms with E-state index in [9.17, 15) is 12.8 Å². The molecule has 1 fully saturated rings. The number of sulfonamides is 1. The Morgan fingerprint density at radius 1 is 1.38 bits per heavy atom. The van der Waals surface area contributed by atoms with Crippen molar-refractivity contribution >= 4 is 27.0 Å². The van der Waals surface area contributed by atoms with Gasteiger partial charge in [0.2, 0.25) is 10.0 Å². The van der Waals surface area contributed by atoms with Crippen LogP contribution in [0.4, 0.5) is 10.2 Å². The second-order valence-corrected chi connectivity index (χ2v) is 8.45. The third-order valence-corrected chi connectivity index (χ3v) is 5.60. The second kappa shape index (κ2) is 5.92. The lowest BCUT2D eigenvalue weighted by Gasteiger charge is -2.17. The fraction of sp³-hybridized carbons (Fsp3) is 0.643. The van der Waals surface area contributed by atoms with E-state index in [-0.39, 0.29) is 18.1 Å². The van der Waals surface area contributed by atoms with Crippen molar-refractivity contribution in [1.82, 2.24) is 23.8 Å². The zero-order valence-corrected chi connectivity index (χ0v) is 14.9. The molecule has 10 heteroatoms. The van der Waals surface area contributed by atoms with Crippen LogP contribution in [0.5, 0.6) is 0 Å². The summed E-state index contributed by atoms with van der Waals surface area (Å²) in [4.78, 5) is 11.9. The highest BCUT2D eigenvalue weighted by Crippen LogP contribution is 2.26. The first-order valence-electron chi connectivity index (χ1n) is 7.80. The Balaban J connectivity index is 1.91. The van der Waals surface area contributed by atoms with Crippen molar-refractivity contribution in [2.45, 2.75) is 45.3 Å². The van der Waals surface area contributed by atoms with E-state index in [0.29, 0.717) is 29.9 Å². The summed E-state index contributed by atoms with van der Waals surface area (Å²) in [5.74, 6) is 0.296. The van der Waals surface area contributed by atoms with Gasteiger partial charge in [0.25, 0.3) is 0 Å². The Hall–Kier alpha value is -1.81. The summed E-state index contributed by atoms with van der Waals surface area (Å²) >= 11 is 0. The molecule has 1 aliphatic heterocycles. The van der Waals surface area contributed by atoms with Crippen LogP contribution in [0.1, 0.15) is 33.2 Å². The van der Waals surface area contributed by atoms with Crippen molar-refractivity contribution in [2.24, 2.45) is 0 Å². The first-order chi connectivity index (χ1) is 11.2. The first-order valence-corrected chi connectivity index (χ1v) is 9.65. The molecule has 1 N–H and O–H groups in total. The summed E-state index contributed by atoms with van der Waals surface area (Å²) in [6.45, 7) is 6.08. The van der Waals surface area contributed by atoms with Gasteiger partial charge in [-0.1, -0.05) is 0 Å². The lowest BCUT2D eigenvalue weighted by molar-refractivity contribution is 0.411. The molecular weight excluding hydrogens is 335 g/mol. The summed E-state index contributed by atoms with van der Waals surface area (Å²) in [5.41, 5.74) is 0.904. The number of anilines is 1. The molecule has 2 aromatic heterocycles. The molecule has 0 spiro atoms. The van der Waals surface area contributed by atoms with Crippen LogP contribution in [-0.2, 0) is 10.0 Å². The Labute approximate surface area is 140 Å². The Kier molecular flexibility index (Phi) is 4.20. The fourth-order valence-electron chi connectivity index (χ4n) is 3.13. The number of aromatic nitrogens is 4. The van der Waals surface area contributed by atoms with Gasteiger partial charge in [0.05, 0.1) is 12.6 Å².